The van der Waals surface area contributed by atoms with Crippen molar-refractivity contribution in [2.75, 3.05) is 0 Å². The summed E-state index contributed by atoms with van der Waals surface area (Å²) in [6.45, 7) is 0.331. The summed E-state index contributed by atoms with van der Waals surface area (Å²) >= 11 is 11.7. The molecule has 106 valence electrons. The molecule has 21 heavy (non-hydrogen) atoms. The van der Waals surface area contributed by atoms with Crippen LogP contribution in [0.2, 0.25) is 10.0 Å². The second-order valence-corrected chi connectivity index (χ2v) is 5.30. The highest BCUT2D eigenvalue weighted by Crippen LogP contribution is 2.22. The van der Waals surface area contributed by atoms with Gasteiger partial charge in [0, 0.05) is 11.8 Å². The zero-order chi connectivity index (χ0) is 14.8. The van der Waals surface area contributed by atoms with Gasteiger partial charge < -0.3 is 9.72 Å². The second kappa shape index (κ2) is 5.76. The quantitative estimate of drug-likeness (QED) is 0.802. The van der Waals surface area contributed by atoms with Gasteiger partial charge in [-0.25, -0.2) is 4.98 Å². The number of nitrogens with one attached hydrogen (secondary N) is 1. The molecule has 1 N–H and O–H groups in total. The van der Waals surface area contributed by atoms with Gasteiger partial charge in [-0.3, -0.25) is 4.79 Å². The maximum atomic E-state index is 12.1. The molecule has 3 rings (SSSR count). The molecule has 0 radical (unpaired) electrons. The Morgan fingerprint density at radius 1 is 1.19 bits per heavy atom. The monoisotopic (exact) mass is 319 g/mol. The Kier molecular flexibility index (Phi) is 3.82. The van der Waals surface area contributed by atoms with Gasteiger partial charge in [0.05, 0.1) is 28.3 Å². The molecule has 1 aromatic carbocycles. The predicted octanol–water partition coefficient (Wildman–Crippen LogP) is 3.57. The fourth-order valence-electron chi connectivity index (χ4n) is 2.03. The molecule has 6 heteroatoms. The van der Waals surface area contributed by atoms with E-state index in [9.17, 15) is 4.79 Å². The van der Waals surface area contributed by atoms with Crippen LogP contribution in [0.25, 0.3) is 5.52 Å². The number of nitrogens with zero attached hydrogens (tertiary/aromatic N) is 2. The molecule has 0 saturated heterocycles. The molecule has 3 aromatic rings. The number of rotatable bonds is 3. The molecule has 0 saturated carbocycles. The van der Waals surface area contributed by atoms with Crippen molar-refractivity contribution < 1.29 is 4.79 Å². The summed E-state index contributed by atoms with van der Waals surface area (Å²) in [7, 11) is 0. The smallest absolute Gasteiger partial charge is 0.251 e. The molecular formula is C15H11Cl2N3O. The third-order valence-electron chi connectivity index (χ3n) is 3.10. The fourth-order valence-corrected chi connectivity index (χ4v) is 2.33. The highest BCUT2D eigenvalue weighted by atomic mass is 35.5. The number of carbonyl (C=O) groups is 1. The van der Waals surface area contributed by atoms with Gasteiger partial charge in [-0.1, -0.05) is 29.3 Å². The van der Waals surface area contributed by atoms with E-state index in [4.69, 9.17) is 23.2 Å². The van der Waals surface area contributed by atoms with Crippen molar-refractivity contribution in [1.29, 1.82) is 0 Å². The van der Waals surface area contributed by atoms with E-state index < -0.39 is 0 Å². The van der Waals surface area contributed by atoms with Crippen molar-refractivity contribution in [1.82, 2.24) is 14.7 Å². The first-order chi connectivity index (χ1) is 10.1. The number of amides is 1. The van der Waals surface area contributed by atoms with Gasteiger partial charge in [-0.05, 0) is 30.3 Å². The molecule has 2 heterocycles. The van der Waals surface area contributed by atoms with Gasteiger partial charge in [0.25, 0.3) is 5.91 Å². The minimum atomic E-state index is -0.221. The van der Waals surface area contributed by atoms with E-state index in [1.165, 1.54) is 0 Å². The largest absolute Gasteiger partial charge is 0.345 e. The zero-order valence-electron chi connectivity index (χ0n) is 10.9. The molecule has 0 fully saturated rings. The number of halogens is 2. The SMILES string of the molecule is O=C(NCc1ncc2ccccn12)c1ccc(Cl)c(Cl)c1. The standard InChI is InChI=1S/C15H11Cl2N3O/c16-12-5-4-10(7-13(12)17)15(21)19-9-14-18-8-11-3-1-2-6-20(11)14/h1-8H,9H2,(H,19,21). The van der Waals surface area contributed by atoms with Crippen LogP contribution in [-0.4, -0.2) is 15.3 Å². The minimum Gasteiger partial charge on any atom is -0.345 e. The Morgan fingerprint density at radius 3 is 2.86 bits per heavy atom. The lowest BCUT2D eigenvalue weighted by molar-refractivity contribution is 0.0950. The third-order valence-corrected chi connectivity index (χ3v) is 3.84. The van der Waals surface area contributed by atoms with E-state index in [1.807, 2.05) is 28.8 Å². The minimum absolute atomic E-state index is 0.221. The number of pyridine rings is 1. The lowest BCUT2D eigenvalue weighted by Crippen LogP contribution is -2.23. The Balaban J connectivity index is 1.75. The lowest BCUT2D eigenvalue weighted by atomic mass is 10.2. The molecule has 0 unspecified atom stereocenters. The number of aromatic nitrogens is 2. The number of benzene rings is 1. The molecule has 0 bridgehead atoms. The van der Waals surface area contributed by atoms with Crippen LogP contribution in [0, 0.1) is 0 Å². The maximum absolute atomic E-state index is 12.1. The molecule has 2 aromatic heterocycles. The first-order valence-corrected chi connectivity index (χ1v) is 7.05. The number of imidazole rings is 1. The Morgan fingerprint density at radius 2 is 2.05 bits per heavy atom. The second-order valence-electron chi connectivity index (χ2n) is 4.48. The van der Waals surface area contributed by atoms with Crippen LogP contribution in [0.3, 0.4) is 0 Å². The molecule has 0 aliphatic carbocycles. The highest BCUT2D eigenvalue weighted by Gasteiger charge is 2.09. The first kappa shape index (κ1) is 13.9. The van der Waals surface area contributed by atoms with Gasteiger partial charge in [0.2, 0.25) is 0 Å². The Bertz CT molecular complexity index is 814. The summed E-state index contributed by atoms with van der Waals surface area (Å²) in [5, 5.41) is 3.60. The van der Waals surface area contributed by atoms with Crippen molar-refractivity contribution in [3.05, 3.63) is 70.2 Å². The van der Waals surface area contributed by atoms with Crippen molar-refractivity contribution in [2.24, 2.45) is 0 Å². The van der Waals surface area contributed by atoms with Gasteiger partial charge in [-0.2, -0.15) is 0 Å². The van der Waals surface area contributed by atoms with Gasteiger partial charge >= 0.3 is 0 Å². The summed E-state index contributed by atoms with van der Waals surface area (Å²) in [5.74, 6) is 0.542. The number of carbonyl (C=O) groups excluding carboxylic acids is 1. The predicted molar refractivity (Wildman–Crippen MR) is 82.8 cm³/mol. The van der Waals surface area contributed by atoms with E-state index in [0.29, 0.717) is 22.2 Å². The van der Waals surface area contributed by atoms with Crippen LogP contribution < -0.4 is 5.32 Å². The molecule has 0 spiro atoms. The third kappa shape index (κ3) is 2.86. The summed E-state index contributed by atoms with van der Waals surface area (Å²) in [6.07, 6.45) is 3.67. The fraction of sp³-hybridized carbons (Fsp3) is 0.0667. The van der Waals surface area contributed by atoms with Gasteiger partial charge in [-0.15, -0.1) is 0 Å². The van der Waals surface area contributed by atoms with Crippen LogP contribution in [0.1, 0.15) is 16.2 Å². The van der Waals surface area contributed by atoms with E-state index in [1.54, 1.807) is 24.4 Å². The average molecular weight is 320 g/mol. The molecule has 1 amide bonds. The molecular weight excluding hydrogens is 309 g/mol. The summed E-state index contributed by atoms with van der Waals surface area (Å²) in [6, 6.07) is 10.6. The Labute approximate surface area is 131 Å². The van der Waals surface area contributed by atoms with Crippen molar-refractivity contribution in [3.63, 3.8) is 0 Å². The zero-order valence-corrected chi connectivity index (χ0v) is 12.4. The molecule has 0 aliphatic rings. The summed E-state index contributed by atoms with van der Waals surface area (Å²) in [4.78, 5) is 16.4. The van der Waals surface area contributed by atoms with Crippen LogP contribution in [0.15, 0.2) is 48.8 Å². The average Bonchev–Trinajstić information content (AvgIpc) is 2.91. The van der Waals surface area contributed by atoms with Crippen molar-refractivity contribution in [2.45, 2.75) is 6.54 Å². The molecule has 0 atom stereocenters. The summed E-state index contributed by atoms with van der Waals surface area (Å²) < 4.78 is 1.93. The maximum Gasteiger partial charge on any atom is 0.251 e. The highest BCUT2D eigenvalue weighted by molar-refractivity contribution is 6.42. The summed E-state index contributed by atoms with van der Waals surface area (Å²) in [5.41, 5.74) is 1.45. The van der Waals surface area contributed by atoms with Crippen LogP contribution >= 0.6 is 23.2 Å². The number of hydrogen-bond acceptors (Lipinski definition) is 2. The van der Waals surface area contributed by atoms with Crippen molar-refractivity contribution >= 4 is 34.6 Å². The molecule has 0 aliphatic heterocycles. The Hall–Kier alpha value is -2.04. The van der Waals surface area contributed by atoms with E-state index >= 15 is 0 Å². The number of hydrogen-bond donors (Lipinski definition) is 1. The van der Waals surface area contributed by atoms with Crippen LogP contribution in [-0.2, 0) is 6.54 Å². The van der Waals surface area contributed by atoms with Crippen LogP contribution in [0.5, 0.6) is 0 Å². The first-order valence-electron chi connectivity index (χ1n) is 6.29. The van der Waals surface area contributed by atoms with Gasteiger partial charge in [0.15, 0.2) is 0 Å². The topological polar surface area (TPSA) is 46.4 Å². The number of fused-ring (bicyclic) bond motifs is 1. The van der Waals surface area contributed by atoms with E-state index in [0.717, 1.165) is 11.3 Å². The van der Waals surface area contributed by atoms with Crippen molar-refractivity contribution in [3.8, 4) is 0 Å². The molecule has 4 nitrogen and oxygen atoms in total. The van der Waals surface area contributed by atoms with Gasteiger partial charge in [0.1, 0.15) is 5.82 Å². The van der Waals surface area contributed by atoms with Crippen LogP contribution in [0.4, 0.5) is 0 Å². The normalized spacial score (nSPS) is 10.8. The van der Waals surface area contributed by atoms with E-state index in [2.05, 4.69) is 10.3 Å². The lowest BCUT2D eigenvalue weighted by Gasteiger charge is -2.06. The van der Waals surface area contributed by atoms with E-state index in [-0.39, 0.29) is 5.91 Å².